The van der Waals surface area contributed by atoms with Gasteiger partial charge in [0, 0.05) is 7.11 Å². The van der Waals surface area contributed by atoms with Gasteiger partial charge < -0.3 is 25.8 Å². The number of amides is 2. The number of hydrogen-bond donors (Lipinski definition) is 4. The number of nitrogens with two attached hydrogens (primary N) is 1. The van der Waals surface area contributed by atoms with Crippen LogP contribution in [0.2, 0.25) is 0 Å². The maximum atomic E-state index is 12.0. The van der Waals surface area contributed by atoms with Crippen LogP contribution >= 0.6 is 7.60 Å². The maximum Gasteiger partial charge on any atom is 0.374 e. The van der Waals surface area contributed by atoms with Crippen molar-refractivity contribution in [2.75, 3.05) is 13.7 Å². The van der Waals surface area contributed by atoms with Gasteiger partial charge in [-0.15, -0.1) is 0 Å². The van der Waals surface area contributed by atoms with E-state index in [0.29, 0.717) is 6.42 Å². The van der Waals surface area contributed by atoms with Gasteiger partial charge in [0.1, 0.15) is 11.5 Å². The van der Waals surface area contributed by atoms with Gasteiger partial charge in [0.25, 0.3) is 0 Å². The number of nitrogens with one attached hydrogen (secondary N) is 2. The molecule has 0 saturated carbocycles. The summed E-state index contributed by atoms with van der Waals surface area (Å²) in [6, 6.07) is -0.861. The topological polar surface area (TPSA) is 131 Å². The summed E-state index contributed by atoms with van der Waals surface area (Å²) in [5.41, 5.74) is 4.73. The summed E-state index contributed by atoms with van der Waals surface area (Å²) < 4.78 is 15.8. The van der Waals surface area contributed by atoms with Crippen LogP contribution in [0.15, 0.2) is 12.0 Å². The van der Waals surface area contributed by atoms with Crippen molar-refractivity contribution < 1.29 is 23.6 Å². The number of rotatable bonds is 8. The first-order chi connectivity index (χ1) is 9.13. The van der Waals surface area contributed by atoms with Gasteiger partial charge in [-0.05, 0) is 12.3 Å². The number of hydrogen-bond acceptors (Lipinski definition) is 5. The highest BCUT2D eigenvalue weighted by Crippen LogP contribution is 2.47. The lowest BCUT2D eigenvalue weighted by Gasteiger charge is -2.21. The van der Waals surface area contributed by atoms with Crippen LogP contribution in [0.25, 0.3) is 0 Å². The zero-order valence-electron chi connectivity index (χ0n) is 11.9. The number of carbonyl (C=O) groups is 2. The van der Waals surface area contributed by atoms with Gasteiger partial charge in [0.05, 0.1) is 6.54 Å². The van der Waals surface area contributed by atoms with Crippen LogP contribution < -0.4 is 16.4 Å². The van der Waals surface area contributed by atoms with Crippen LogP contribution in [0, 0.1) is 5.92 Å². The molecule has 8 nitrogen and oxygen atoms in total. The molecule has 0 fully saturated rings. The Balaban J connectivity index is 4.83. The van der Waals surface area contributed by atoms with Crippen LogP contribution in [0.4, 0.5) is 0 Å². The van der Waals surface area contributed by atoms with E-state index in [9.17, 15) is 19.0 Å². The molecule has 0 bridgehead atoms. The van der Waals surface area contributed by atoms with Gasteiger partial charge in [0.2, 0.25) is 11.8 Å². The molecule has 116 valence electrons. The normalized spacial score (nSPS) is 15.3. The Kier molecular flexibility index (Phi) is 7.67. The molecule has 0 radical (unpaired) electrons. The second kappa shape index (κ2) is 8.16. The van der Waals surface area contributed by atoms with Crippen molar-refractivity contribution in [2.24, 2.45) is 11.7 Å². The molecule has 0 rings (SSSR count). The molecule has 2 atom stereocenters. The first kappa shape index (κ1) is 18.8. The average Bonchev–Trinajstić information content (AvgIpc) is 2.36. The lowest BCUT2D eigenvalue weighted by Crippen LogP contribution is -2.48. The molecule has 0 heterocycles. The molecule has 0 aromatic rings. The SMILES string of the molecule is C=C(NC(=O)[C@H](CC(C)C)NC(=O)CN)P(=O)(O)OC. The van der Waals surface area contributed by atoms with Crippen molar-refractivity contribution in [3.63, 3.8) is 0 Å². The second-order valence-electron chi connectivity index (χ2n) is 4.59. The zero-order valence-corrected chi connectivity index (χ0v) is 12.8. The van der Waals surface area contributed by atoms with Crippen molar-refractivity contribution >= 4 is 19.4 Å². The summed E-state index contributed by atoms with van der Waals surface area (Å²) in [5, 5.41) is 4.62. The van der Waals surface area contributed by atoms with Gasteiger partial charge in [-0.3, -0.25) is 14.2 Å². The highest BCUT2D eigenvalue weighted by atomic mass is 31.2. The number of carbonyl (C=O) groups excluding carboxylic acids is 2. The Morgan fingerprint density at radius 2 is 2.00 bits per heavy atom. The van der Waals surface area contributed by atoms with Crippen LogP contribution in [-0.4, -0.2) is 36.4 Å². The van der Waals surface area contributed by atoms with Gasteiger partial charge in [-0.1, -0.05) is 20.4 Å². The van der Waals surface area contributed by atoms with Crippen LogP contribution in [-0.2, 0) is 18.7 Å². The van der Waals surface area contributed by atoms with E-state index in [1.54, 1.807) is 0 Å². The van der Waals surface area contributed by atoms with Crippen LogP contribution in [0.3, 0.4) is 0 Å². The van der Waals surface area contributed by atoms with E-state index in [1.165, 1.54) is 0 Å². The molecule has 0 aliphatic rings. The van der Waals surface area contributed by atoms with E-state index in [-0.39, 0.29) is 12.5 Å². The molecule has 5 N–H and O–H groups in total. The lowest BCUT2D eigenvalue weighted by molar-refractivity contribution is -0.128. The van der Waals surface area contributed by atoms with Crippen molar-refractivity contribution in [1.82, 2.24) is 10.6 Å². The highest BCUT2D eigenvalue weighted by Gasteiger charge is 2.28. The van der Waals surface area contributed by atoms with E-state index >= 15 is 0 Å². The summed E-state index contributed by atoms with van der Waals surface area (Å²) >= 11 is 0. The van der Waals surface area contributed by atoms with Gasteiger partial charge in [-0.25, -0.2) is 0 Å². The standard InChI is InChI=1S/C11H22N3O5P/c1-7(2)5-9(14-10(15)6-12)11(16)13-8(3)20(17,18)19-4/h7,9H,3,5-6,12H2,1-2,4H3,(H,13,16)(H,14,15)(H,17,18)/t9-/m0/s1. The second-order valence-corrected chi connectivity index (χ2v) is 6.54. The molecular formula is C11H22N3O5P. The molecule has 0 aromatic carbocycles. The quantitative estimate of drug-likeness (QED) is 0.463. The summed E-state index contributed by atoms with van der Waals surface area (Å²) in [5.74, 6) is -1.01. The third-order valence-electron chi connectivity index (χ3n) is 2.40. The third-order valence-corrected chi connectivity index (χ3v) is 3.69. The molecule has 1 unspecified atom stereocenters. The van der Waals surface area contributed by atoms with Gasteiger partial charge >= 0.3 is 7.60 Å². The monoisotopic (exact) mass is 307 g/mol. The third kappa shape index (κ3) is 6.29. The van der Waals surface area contributed by atoms with E-state index in [0.717, 1.165) is 7.11 Å². The van der Waals surface area contributed by atoms with Crippen molar-refractivity contribution in [3.8, 4) is 0 Å². The van der Waals surface area contributed by atoms with Crippen LogP contribution in [0.1, 0.15) is 20.3 Å². The van der Waals surface area contributed by atoms with E-state index in [1.807, 2.05) is 13.8 Å². The van der Waals surface area contributed by atoms with Gasteiger partial charge in [-0.2, -0.15) is 0 Å². The van der Waals surface area contributed by atoms with E-state index < -0.39 is 30.9 Å². The minimum atomic E-state index is -4.10. The Morgan fingerprint density at radius 1 is 1.45 bits per heavy atom. The first-order valence-electron chi connectivity index (χ1n) is 6.02. The molecule has 9 heteroatoms. The molecule has 20 heavy (non-hydrogen) atoms. The largest absolute Gasteiger partial charge is 0.374 e. The molecular weight excluding hydrogens is 285 g/mol. The van der Waals surface area contributed by atoms with Crippen LogP contribution in [0.5, 0.6) is 0 Å². The Morgan fingerprint density at radius 3 is 2.40 bits per heavy atom. The molecule has 0 saturated heterocycles. The molecule has 0 aromatic heterocycles. The summed E-state index contributed by atoms with van der Waals surface area (Å²) in [4.78, 5) is 32.6. The fraction of sp³-hybridized carbons (Fsp3) is 0.636. The van der Waals surface area contributed by atoms with Crippen molar-refractivity contribution in [3.05, 3.63) is 12.0 Å². The molecule has 0 aliphatic carbocycles. The molecule has 2 amide bonds. The smallest absolute Gasteiger partial charge is 0.343 e. The first-order valence-corrected chi connectivity index (χ1v) is 7.60. The molecule has 0 aliphatic heterocycles. The predicted octanol–water partition coefficient (Wildman–Crippen LogP) is -0.105. The predicted molar refractivity (Wildman–Crippen MR) is 74.6 cm³/mol. The van der Waals surface area contributed by atoms with Crippen molar-refractivity contribution in [2.45, 2.75) is 26.3 Å². The van der Waals surface area contributed by atoms with E-state index in [4.69, 9.17) is 5.73 Å². The fourth-order valence-electron chi connectivity index (χ4n) is 1.37. The summed E-state index contributed by atoms with van der Waals surface area (Å²) in [6.07, 6.45) is 0.355. The maximum absolute atomic E-state index is 12.0. The Labute approximate surface area is 118 Å². The molecule has 0 spiro atoms. The van der Waals surface area contributed by atoms with Gasteiger partial charge in [0.15, 0.2) is 0 Å². The summed E-state index contributed by atoms with van der Waals surface area (Å²) in [7, 11) is -3.07. The highest BCUT2D eigenvalue weighted by molar-refractivity contribution is 7.57. The average molecular weight is 307 g/mol. The van der Waals surface area contributed by atoms with Crippen molar-refractivity contribution in [1.29, 1.82) is 0 Å². The Bertz CT molecular complexity index is 424. The fourth-order valence-corrected chi connectivity index (χ4v) is 1.84. The summed E-state index contributed by atoms with van der Waals surface area (Å²) in [6.45, 7) is 6.78. The zero-order chi connectivity index (χ0) is 15.9. The minimum absolute atomic E-state index is 0.125. The Hall–Kier alpha value is -1.21. The minimum Gasteiger partial charge on any atom is -0.343 e. The lowest BCUT2D eigenvalue weighted by atomic mass is 10.0. The van der Waals surface area contributed by atoms with E-state index in [2.05, 4.69) is 21.7 Å².